The number of esters is 1. The fourth-order valence-corrected chi connectivity index (χ4v) is 4.32. The summed E-state index contributed by atoms with van der Waals surface area (Å²) in [5.41, 5.74) is 4.04. The van der Waals surface area contributed by atoms with Crippen LogP contribution in [0.3, 0.4) is 0 Å². The molecule has 4 aromatic carbocycles. The Hall–Kier alpha value is -5.06. The topological polar surface area (TPSA) is 125 Å². The van der Waals surface area contributed by atoms with Gasteiger partial charge in [-0.3, -0.25) is 9.59 Å². The van der Waals surface area contributed by atoms with Gasteiger partial charge in [-0.1, -0.05) is 35.3 Å². The molecule has 0 spiro atoms. The number of hydrazone groups is 1. The quantitative estimate of drug-likeness (QED) is 0.0927. The Kier molecular flexibility index (Phi) is 10.2. The highest BCUT2D eigenvalue weighted by molar-refractivity contribution is 6.36. The molecule has 4 rings (SSSR count). The van der Waals surface area contributed by atoms with E-state index in [9.17, 15) is 14.4 Å². The molecule has 2 amide bonds. The lowest BCUT2D eigenvalue weighted by Gasteiger charge is -2.14. The lowest BCUT2D eigenvalue weighted by molar-refractivity contribution is 0.0734. The molecule has 0 saturated heterocycles. The van der Waals surface area contributed by atoms with E-state index in [1.54, 1.807) is 36.4 Å². The van der Waals surface area contributed by atoms with Crippen LogP contribution in [0.2, 0.25) is 10.0 Å². The van der Waals surface area contributed by atoms with E-state index in [2.05, 4.69) is 15.8 Å². The number of amides is 2. The number of halogens is 2. The normalized spacial score (nSPS) is 10.6. The van der Waals surface area contributed by atoms with E-state index in [1.807, 2.05) is 0 Å². The maximum absolute atomic E-state index is 12.8. The van der Waals surface area contributed by atoms with E-state index in [1.165, 1.54) is 70.0 Å². The number of carbonyl (C=O) groups is 3. The number of benzene rings is 4. The highest BCUT2D eigenvalue weighted by Crippen LogP contribution is 2.38. The summed E-state index contributed by atoms with van der Waals surface area (Å²) >= 11 is 12.0. The third-order valence-electron chi connectivity index (χ3n) is 5.97. The zero-order valence-electron chi connectivity index (χ0n) is 23.1. The zero-order valence-corrected chi connectivity index (χ0v) is 24.7. The van der Waals surface area contributed by atoms with Crippen molar-refractivity contribution in [3.8, 4) is 23.0 Å². The minimum Gasteiger partial charge on any atom is -0.493 e. The molecular formula is C31H25Cl2N3O7. The van der Waals surface area contributed by atoms with Gasteiger partial charge in [-0.05, 0) is 66.7 Å². The molecule has 0 heterocycles. The number of hydrogen-bond donors (Lipinski definition) is 2. The summed E-state index contributed by atoms with van der Waals surface area (Å²) in [6, 6.07) is 20.4. The molecule has 0 aliphatic heterocycles. The lowest BCUT2D eigenvalue weighted by atomic mass is 10.1. The molecule has 0 radical (unpaired) electrons. The van der Waals surface area contributed by atoms with E-state index in [4.69, 9.17) is 42.1 Å². The summed E-state index contributed by atoms with van der Waals surface area (Å²) in [6.07, 6.45) is 1.34. The van der Waals surface area contributed by atoms with E-state index >= 15 is 0 Å². The van der Waals surface area contributed by atoms with Gasteiger partial charge in [0.2, 0.25) is 5.75 Å². The number of ether oxygens (including phenoxy) is 4. The molecule has 0 saturated carbocycles. The smallest absolute Gasteiger partial charge is 0.345 e. The predicted molar refractivity (Wildman–Crippen MR) is 163 cm³/mol. The number of nitrogens with zero attached hydrogens (tertiary/aromatic N) is 1. The molecule has 2 N–H and O–H groups in total. The number of methoxy groups -OCH3 is 3. The van der Waals surface area contributed by atoms with Gasteiger partial charge in [0.15, 0.2) is 11.5 Å². The molecule has 220 valence electrons. The van der Waals surface area contributed by atoms with E-state index < -0.39 is 17.8 Å². The Balaban J connectivity index is 1.38. The second-order valence-electron chi connectivity index (χ2n) is 8.70. The number of hydrogen-bond acceptors (Lipinski definition) is 8. The second-order valence-corrected chi connectivity index (χ2v) is 9.54. The summed E-state index contributed by atoms with van der Waals surface area (Å²) in [4.78, 5) is 38.1. The molecule has 4 aromatic rings. The summed E-state index contributed by atoms with van der Waals surface area (Å²) in [5.74, 6) is -0.336. The number of para-hydroxylation sites is 1. The summed E-state index contributed by atoms with van der Waals surface area (Å²) in [5, 5.41) is 7.29. The zero-order chi connectivity index (χ0) is 30.9. The Morgan fingerprint density at radius 3 is 2.05 bits per heavy atom. The Morgan fingerprint density at radius 1 is 0.744 bits per heavy atom. The van der Waals surface area contributed by atoms with Crippen molar-refractivity contribution in [1.29, 1.82) is 0 Å². The first-order valence-electron chi connectivity index (χ1n) is 12.5. The van der Waals surface area contributed by atoms with Gasteiger partial charge in [0.05, 0.1) is 38.1 Å². The van der Waals surface area contributed by atoms with Crippen molar-refractivity contribution in [2.75, 3.05) is 26.6 Å². The third kappa shape index (κ3) is 7.62. The highest BCUT2D eigenvalue weighted by Gasteiger charge is 2.18. The fraction of sp³-hybridized carbons (Fsp3) is 0.0968. The van der Waals surface area contributed by atoms with Crippen LogP contribution in [0.4, 0.5) is 5.69 Å². The number of nitrogens with one attached hydrogen (secondary N) is 2. The van der Waals surface area contributed by atoms with Gasteiger partial charge in [-0.15, -0.1) is 0 Å². The van der Waals surface area contributed by atoms with Crippen LogP contribution in [-0.2, 0) is 0 Å². The van der Waals surface area contributed by atoms with Gasteiger partial charge in [0.25, 0.3) is 11.8 Å². The van der Waals surface area contributed by atoms with Crippen LogP contribution in [-0.4, -0.2) is 45.3 Å². The molecular weight excluding hydrogens is 597 g/mol. The minimum atomic E-state index is -0.677. The van der Waals surface area contributed by atoms with E-state index in [-0.39, 0.29) is 21.9 Å². The Labute approximate surface area is 257 Å². The molecule has 0 atom stereocenters. The average molecular weight is 622 g/mol. The number of carbonyl (C=O) groups excluding carboxylic acids is 3. The van der Waals surface area contributed by atoms with Crippen molar-refractivity contribution >= 4 is 52.9 Å². The summed E-state index contributed by atoms with van der Waals surface area (Å²) < 4.78 is 21.4. The molecule has 10 nitrogen and oxygen atoms in total. The van der Waals surface area contributed by atoms with Crippen LogP contribution in [0.1, 0.15) is 36.6 Å². The first kappa shape index (κ1) is 30.9. The van der Waals surface area contributed by atoms with Crippen molar-refractivity contribution in [3.63, 3.8) is 0 Å². The SMILES string of the molecule is COc1cc(C(=O)Nc2ccc(C(=O)N/N=C\c3ccccc3OC(=O)c3ccc(Cl)cc3Cl)cc2)cc(OC)c1OC. The molecule has 0 bridgehead atoms. The molecule has 43 heavy (non-hydrogen) atoms. The third-order valence-corrected chi connectivity index (χ3v) is 6.52. The summed E-state index contributed by atoms with van der Waals surface area (Å²) in [7, 11) is 4.39. The predicted octanol–water partition coefficient (Wildman–Crippen LogP) is 6.25. The molecule has 12 heteroatoms. The second kappa shape index (κ2) is 14.2. The van der Waals surface area contributed by atoms with Crippen LogP contribution in [0.25, 0.3) is 0 Å². The Morgan fingerprint density at radius 2 is 1.42 bits per heavy atom. The molecule has 0 aromatic heterocycles. The monoisotopic (exact) mass is 621 g/mol. The van der Waals surface area contributed by atoms with Gasteiger partial charge >= 0.3 is 5.97 Å². The number of anilines is 1. The summed E-state index contributed by atoms with van der Waals surface area (Å²) in [6.45, 7) is 0. The van der Waals surface area contributed by atoms with Crippen molar-refractivity contribution in [1.82, 2.24) is 5.43 Å². The van der Waals surface area contributed by atoms with Crippen LogP contribution in [0, 0.1) is 0 Å². The largest absolute Gasteiger partial charge is 0.493 e. The van der Waals surface area contributed by atoms with Gasteiger partial charge in [-0.25, -0.2) is 10.2 Å². The lowest BCUT2D eigenvalue weighted by Crippen LogP contribution is -2.18. The van der Waals surface area contributed by atoms with Crippen molar-refractivity contribution in [3.05, 3.63) is 111 Å². The maximum atomic E-state index is 12.8. The van der Waals surface area contributed by atoms with Crippen LogP contribution < -0.4 is 29.7 Å². The molecule has 0 aliphatic carbocycles. The van der Waals surface area contributed by atoms with Gasteiger partial charge in [0.1, 0.15) is 5.75 Å². The van der Waals surface area contributed by atoms with E-state index in [0.29, 0.717) is 39.1 Å². The highest BCUT2D eigenvalue weighted by atomic mass is 35.5. The van der Waals surface area contributed by atoms with E-state index in [0.717, 1.165) is 0 Å². The minimum absolute atomic E-state index is 0.147. The van der Waals surface area contributed by atoms with Crippen molar-refractivity contribution < 1.29 is 33.3 Å². The fourth-order valence-electron chi connectivity index (χ4n) is 3.84. The standard InChI is InChI=1S/C31H25Cl2N3O7/c1-40-26-14-20(15-27(41-2)28(26)42-3)29(37)35-22-11-8-18(9-12-22)30(38)36-34-17-19-6-4-5-7-25(19)43-31(39)23-13-10-21(32)16-24(23)33/h4-17H,1-3H3,(H,35,37)(H,36,38)/b34-17-. The van der Waals surface area contributed by atoms with Crippen molar-refractivity contribution in [2.24, 2.45) is 5.10 Å². The van der Waals surface area contributed by atoms with Crippen LogP contribution in [0.15, 0.2) is 84.0 Å². The number of rotatable bonds is 10. The van der Waals surface area contributed by atoms with Crippen molar-refractivity contribution in [2.45, 2.75) is 0 Å². The first-order chi connectivity index (χ1) is 20.7. The molecule has 0 unspecified atom stereocenters. The molecule has 0 fully saturated rings. The average Bonchev–Trinajstić information content (AvgIpc) is 3.01. The molecule has 0 aliphatic rings. The van der Waals surface area contributed by atoms with Gasteiger partial charge in [0, 0.05) is 27.4 Å². The maximum Gasteiger partial charge on any atom is 0.345 e. The first-order valence-corrected chi connectivity index (χ1v) is 13.3. The van der Waals surface area contributed by atoms with Gasteiger partial charge in [-0.2, -0.15) is 5.10 Å². The Bertz CT molecular complexity index is 1670. The van der Waals surface area contributed by atoms with Gasteiger partial charge < -0.3 is 24.3 Å². The van der Waals surface area contributed by atoms with Crippen LogP contribution >= 0.6 is 23.2 Å². The van der Waals surface area contributed by atoms with Crippen LogP contribution in [0.5, 0.6) is 23.0 Å².